The van der Waals surface area contributed by atoms with Crippen molar-refractivity contribution in [2.24, 2.45) is 10.9 Å². The van der Waals surface area contributed by atoms with Crippen molar-refractivity contribution in [3.8, 4) is 0 Å². The van der Waals surface area contributed by atoms with E-state index in [4.69, 9.17) is 0 Å². The van der Waals surface area contributed by atoms with Gasteiger partial charge in [-0.3, -0.25) is 9.59 Å². The minimum Gasteiger partial charge on any atom is -0.325 e. The van der Waals surface area contributed by atoms with Crippen molar-refractivity contribution < 1.29 is 9.59 Å². The van der Waals surface area contributed by atoms with Gasteiger partial charge in [0.1, 0.15) is 0 Å². The van der Waals surface area contributed by atoms with E-state index in [1.807, 2.05) is 35.7 Å². The summed E-state index contributed by atoms with van der Waals surface area (Å²) >= 11 is 1.57. The molecule has 0 aromatic carbocycles. The predicted molar refractivity (Wildman–Crippen MR) is 95.5 cm³/mol. The number of hydrogen-bond donors (Lipinski definition) is 1. The predicted octanol–water partition coefficient (Wildman–Crippen LogP) is 3.41. The number of rotatable bonds is 2. The lowest BCUT2D eigenvalue weighted by Gasteiger charge is -2.28. The molecule has 2 amide bonds. The number of fused-ring (bicyclic) bond motifs is 2. The zero-order chi connectivity index (χ0) is 16.5. The molecule has 1 atom stereocenters. The molecule has 0 saturated heterocycles. The molecule has 4 nitrogen and oxygen atoms in total. The number of carbonyl (C=O) groups excluding carboxylic acids is 2. The highest BCUT2D eigenvalue weighted by Crippen LogP contribution is 2.39. The highest BCUT2D eigenvalue weighted by molar-refractivity contribution is 7.10. The Morgan fingerprint density at radius 1 is 1.38 bits per heavy atom. The molecule has 5 heteroatoms. The Labute approximate surface area is 144 Å². The third kappa shape index (κ3) is 2.83. The van der Waals surface area contributed by atoms with E-state index in [2.05, 4.69) is 10.3 Å². The summed E-state index contributed by atoms with van der Waals surface area (Å²) in [5.41, 5.74) is 3.57. The summed E-state index contributed by atoms with van der Waals surface area (Å²) in [5, 5.41) is 4.91. The fourth-order valence-electron chi connectivity index (χ4n) is 3.36. The fraction of sp³-hybridized carbons (Fsp3) is 0.211. The first-order valence-corrected chi connectivity index (χ1v) is 8.86. The molecule has 0 radical (unpaired) electrons. The van der Waals surface area contributed by atoms with Crippen LogP contribution in [0.4, 0.5) is 0 Å². The van der Waals surface area contributed by atoms with Gasteiger partial charge in [0.2, 0.25) is 0 Å². The molecule has 1 aliphatic heterocycles. The highest BCUT2D eigenvalue weighted by Gasteiger charge is 2.34. The van der Waals surface area contributed by atoms with E-state index < -0.39 is 0 Å². The Kier molecular flexibility index (Phi) is 3.86. The highest BCUT2D eigenvalue weighted by atomic mass is 32.1. The summed E-state index contributed by atoms with van der Waals surface area (Å²) in [6.07, 6.45) is 11.8. The van der Waals surface area contributed by atoms with Crippen molar-refractivity contribution in [2.45, 2.75) is 19.3 Å². The molecule has 120 valence electrons. The minimum atomic E-state index is -0.304. The van der Waals surface area contributed by atoms with Crippen molar-refractivity contribution in [1.29, 1.82) is 0 Å². The van der Waals surface area contributed by atoms with E-state index in [1.165, 1.54) is 11.6 Å². The molecule has 2 aliphatic carbocycles. The van der Waals surface area contributed by atoms with Gasteiger partial charge >= 0.3 is 0 Å². The van der Waals surface area contributed by atoms with Gasteiger partial charge in [0.05, 0.1) is 5.71 Å². The normalized spacial score (nSPS) is 24.2. The quantitative estimate of drug-likeness (QED) is 0.842. The largest absolute Gasteiger partial charge is 0.325 e. The van der Waals surface area contributed by atoms with Crippen LogP contribution in [0.1, 0.15) is 24.1 Å². The third-order valence-corrected chi connectivity index (χ3v) is 5.28. The molecule has 1 N–H and O–H groups in total. The van der Waals surface area contributed by atoms with Crippen LogP contribution in [-0.2, 0) is 9.59 Å². The van der Waals surface area contributed by atoms with E-state index in [-0.39, 0.29) is 17.7 Å². The number of nitrogens with one attached hydrogen (secondary N) is 1. The molecular formula is C19H16N2O2S. The Morgan fingerprint density at radius 2 is 2.29 bits per heavy atom. The summed E-state index contributed by atoms with van der Waals surface area (Å²) in [6.45, 7) is 0. The summed E-state index contributed by atoms with van der Waals surface area (Å²) < 4.78 is 0. The van der Waals surface area contributed by atoms with Gasteiger partial charge in [-0.15, -0.1) is 11.3 Å². The number of thiophene rings is 1. The van der Waals surface area contributed by atoms with Crippen molar-refractivity contribution in [2.75, 3.05) is 0 Å². The SMILES string of the molecule is O=C(/C=C\c1cccs1)N=C1C=CC2C(=C1)NC(=O)C1=C2CCC1. The van der Waals surface area contributed by atoms with Crippen LogP contribution in [0, 0.1) is 5.92 Å². The van der Waals surface area contributed by atoms with Crippen molar-refractivity contribution in [3.63, 3.8) is 0 Å². The van der Waals surface area contributed by atoms with Crippen LogP contribution < -0.4 is 5.32 Å². The molecule has 3 aliphatic rings. The van der Waals surface area contributed by atoms with Gasteiger partial charge in [0.25, 0.3) is 11.8 Å². The maximum Gasteiger partial charge on any atom is 0.270 e. The maximum absolute atomic E-state index is 12.1. The molecule has 2 heterocycles. The van der Waals surface area contributed by atoms with Gasteiger partial charge in [-0.25, -0.2) is 4.99 Å². The van der Waals surface area contributed by atoms with Crippen LogP contribution in [0.15, 0.2) is 63.7 Å². The molecule has 4 rings (SSSR count). The summed E-state index contributed by atoms with van der Waals surface area (Å²) in [6, 6.07) is 3.88. The van der Waals surface area contributed by atoms with Crippen LogP contribution >= 0.6 is 11.3 Å². The van der Waals surface area contributed by atoms with E-state index in [9.17, 15) is 9.59 Å². The second-order valence-corrected chi connectivity index (χ2v) is 6.95. The van der Waals surface area contributed by atoms with Crippen LogP contribution in [0.2, 0.25) is 0 Å². The van der Waals surface area contributed by atoms with E-state index in [0.717, 1.165) is 35.4 Å². The lowest BCUT2D eigenvalue weighted by atomic mass is 9.85. The van der Waals surface area contributed by atoms with Gasteiger partial charge in [0, 0.05) is 28.1 Å². The zero-order valence-electron chi connectivity index (χ0n) is 13.0. The first-order chi connectivity index (χ1) is 11.7. The van der Waals surface area contributed by atoms with Gasteiger partial charge in [-0.1, -0.05) is 12.1 Å². The second kappa shape index (κ2) is 6.17. The standard InChI is InChI=1S/C19H16N2O2S/c22-18(9-7-13-3-2-10-24-13)20-12-6-8-15-14-4-1-5-16(14)19(23)21-17(15)11-12/h2-3,6-11,15H,1,4-5H2,(H,21,23)/b9-7-,20-12?. The van der Waals surface area contributed by atoms with Crippen molar-refractivity contribution in [3.05, 3.63) is 63.5 Å². The van der Waals surface area contributed by atoms with Crippen molar-refractivity contribution >= 4 is 34.9 Å². The molecule has 0 saturated carbocycles. The molecule has 1 aromatic heterocycles. The van der Waals surface area contributed by atoms with Crippen molar-refractivity contribution in [1.82, 2.24) is 5.32 Å². The topological polar surface area (TPSA) is 58.5 Å². The lowest BCUT2D eigenvalue weighted by molar-refractivity contribution is -0.117. The van der Waals surface area contributed by atoms with Crippen LogP contribution in [0.3, 0.4) is 0 Å². The molecule has 1 unspecified atom stereocenters. The first kappa shape index (κ1) is 15.0. The fourth-order valence-corrected chi connectivity index (χ4v) is 3.98. The molecule has 0 bridgehead atoms. The molecule has 1 aromatic rings. The lowest BCUT2D eigenvalue weighted by Crippen LogP contribution is -2.35. The summed E-state index contributed by atoms with van der Waals surface area (Å²) in [7, 11) is 0. The average Bonchev–Trinajstić information content (AvgIpc) is 3.25. The van der Waals surface area contributed by atoms with Gasteiger partial charge in [-0.2, -0.15) is 0 Å². The Bertz CT molecular complexity index is 854. The number of amides is 2. The average molecular weight is 336 g/mol. The van der Waals surface area contributed by atoms with E-state index in [0.29, 0.717) is 5.71 Å². The van der Waals surface area contributed by atoms with Gasteiger partial charge < -0.3 is 5.32 Å². The number of hydrogen-bond acceptors (Lipinski definition) is 3. The zero-order valence-corrected chi connectivity index (χ0v) is 13.8. The third-order valence-electron chi connectivity index (χ3n) is 4.44. The minimum absolute atomic E-state index is 0.00330. The number of aliphatic imine (C=N–C) groups is 1. The Balaban J connectivity index is 1.54. The van der Waals surface area contributed by atoms with Crippen LogP contribution in [0.25, 0.3) is 6.08 Å². The van der Waals surface area contributed by atoms with Gasteiger partial charge in [0.15, 0.2) is 0 Å². The molecule has 24 heavy (non-hydrogen) atoms. The van der Waals surface area contributed by atoms with Gasteiger partial charge in [-0.05, 0) is 54.5 Å². The van der Waals surface area contributed by atoms with E-state index in [1.54, 1.807) is 17.4 Å². The maximum atomic E-state index is 12.1. The Morgan fingerprint density at radius 3 is 3.12 bits per heavy atom. The molecule has 0 fully saturated rings. The second-order valence-electron chi connectivity index (χ2n) is 5.97. The smallest absolute Gasteiger partial charge is 0.270 e. The number of nitrogens with zero attached hydrogens (tertiary/aromatic N) is 1. The molecular weight excluding hydrogens is 320 g/mol. The Hall–Kier alpha value is -2.53. The van der Waals surface area contributed by atoms with Crippen LogP contribution in [-0.4, -0.2) is 17.5 Å². The van der Waals surface area contributed by atoms with Crippen LogP contribution in [0.5, 0.6) is 0 Å². The number of allylic oxidation sites excluding steroid dienone is 3. The summed E-state index contributed by atoms with van der Waals surface area (Å²) in [5.74, 6) is -0.166. The number of carbonyl (C=O) groups is 2. The van der Waals surface area contributed by atoms with E-state index >= 15 is 0 Å². The summed E-state index contributed by atoms with van der Waals surface area (Å²) in [4.78, 5) is 29.2. The molecule has 0 spiro atoms. The monoisotopic (exact) mass is 336 g/mol. The first-order valence-electron chi connectivity index (χ1n) is 7.98.